The van der Waals surface area contributed by atoms with Crippen LogP contribution in [0, 0.1) is 5.92 Å². The summed E-state index contributed by atoms with van der Waals surface area (Å²) in [5.74, 6) is 0.881. The van der Waals surface area contributed by atoms with E-state index in [1.807, 2.05) is 0 Å². The highest BCUT2D eigenvalue weighted by Crippen LogP contribution is 2.56. The van der Waals surface area contributed by atoms with Crippen LogP contribution in [0.25, 0.3) is 134 Å². The molecule has 3 aliphatic carbocycles. The Bertz CT molecular complexity index is 6460. The van der Waals surface area contributed by atoms with Gasteiger partial charge in [-0.3, -0.25) is 0 Å². The van der Waals surface area contributed by atoms with Crippen LogP contribution in [0.4, 0.5) is 34.1 Å². The molecule has 2 nitrogen and oxygen atoms in total. The van der Waals surface area contributed by atoms with E-state index in [1.54, 1.807) is 0 Å². The lowest BCUT2D eigenvalue weighted by molar-refractivity contribution is 0.394. The van der Waals surface area contributed by atoms with Gasteiger partial charge in [0.15, 0.2) is 0 Å². The molecule has 2 atom stereocenters. The molecule has 0 heterocycles. The summed E-state index contributed by atoms with van der Waals surface area (Å²) < 4.78 is 0. The van der Waals surface area contributed by atoms with Crippen molar-refractivity contribution in [1.29, 1.82) is 0 Å². The van der Waals surface area contributed by atoms with E-state index >= 15 is 0 Å². The highest BCUT2D eigenvalue weighted by Gasteiger charge is 2.45. The van der Waals surface area contributed by atoms with Gasteiger partial charge < -0.3 is 9.80 Å². The third kappa shape index (κ3) is 13.1. The summed E-state index contributed by atoms with van der Waals surface area (Å²) >= 11 is 0. The van der Waals surface area contributed by atoms with Crippen LogP contribution in [0.2, 0.25) is 0 Å². The Morgan fingerprint density at radius 2 is 0.500 bits per heavy atom. The molecule has 2 heteroatoms. The van der Waals surface area contributed by atoms with E-state index < -0.39 is 0 Å². The first-order valence-electron chi connectivity index (χ1n) is 40.7. The van der Waals surface area contributed by atoms with Gasteiger partial charge >= 0.3 is 0 Å². The fourth-order valence-electron chi connectivity index (χ4n) is 18.8. The average molecular weight is 1480 g/mol. The van der Waals surface area contributed by atoms with E-state index in [0.717, 1.165) is 50.8 Å². The highest BCUT2D eigenvalue weighted by molar-refractivity contribution is 5.95. The summed E-state index contributed by atoms with van der Waals surface area (Å²) in [5, 5.41) is 0. The zero-order valence-electron chi connectivity index (χ0n) is 65.6. The number of fused-ring (bicyclic) bond motifs is 6. The van der Waals surface area contributed by atoms with E-state index in [-0.39, 0.29) is 10.8 Å². The second kappa shape index (κ2) is 29.7. The fraction of sp³-hybridized carbons (Fsp3) is 0.0702. The summed E-state index contributed by atoms with van der Waals surface area (Å²) in [7, 11) is 0. The molecule has 0 spiro atoms. The largest absolute Gasteiger partial charge is 0.310 e. The van der Waals surface area contributed by atoms with E-state index in [1.165, 1.54) is 139 Å². The molecule has 552 valence electrons. The van der Waals surface area contributed by atoms with E-state index in [0.29, 0.717) is 11.8 Å². The lowest BCUT2D eigenvalue weighted by Gasteiger charge is -2.29. The number of hydrogen-bond acceptors (Lipinski definition) is 2. The molecule has 3 aliphatic rings. The van der Waals surface area contributed by atoms with Gasteiger partial charge in [-0.1, -0.05) is 380 Å². The Morgan fingerprint density at radius 3 is 0.974 bits per heavy atom. The van der Waals surface area contributed by atoms with Crippen LogP contribution < -0.4 is 9.80 Å². The lowest BCUT2D eigenvalue weighted by atomic mass is 9.74. The molecule has 0 saturated carbocycles. The number of benzene rings is 17. The molecular formula is C114H86N2. The number of hydrogen-bond donors (Lipinski definition) is 0. The van der Waals surface area contributed by atoms with Crippen LogP contribution in [-0.2, 0) is 10.8 Å². The van der Waals surface area contributed by atoms with Crippen LogP contribution in [0.5, 0.6) is 0 Å². The van der Waals surface area contributed by atoms with Crippen molar-refractivity contribution in [1.82, 2.24) is 0 Å². The maximum Gasteiger partial charge on any atom is 0.0468 e. The van der Waals surface area contributed by atoms with Crippen molar-refractivity contribution in [3.8, 4) is 134 Å². The van der Waals surface area contributed by atoms with Crippen molar-refractivity contribution in [3.05, 3.63) is 459 Å². The minimum Gasteiger partial charge on any atom is -0.310 e. The van der Waals surface area contributed by atoms with E-state index in [2.05, 4.69) is 474 Å². The monoisotopic (exact) mass is 1480 g/mol. The third-order valence-corrected chi connectivity index (χ3v) is 24.8. The molecule has 0 saturated heterocycles. The van der Waals surface area contributed by atoms with Crippen molar-refractivity contribution in [2.45, 2.75) is 44.4 Å². The topological polar surface area (TPSA) is 6.48 Å². The van der Waals surface area contributed by atoms with Crippen molar-refractivity contribution >= 4 is 34.1 Å². The first-order chi connectivity index (χ1) is 57.0. The van der Waals surface area contributed by atoms with Gasteiger partial charge in [0.25, 0.3) is 0 Å². The van der Waals surface area contributed by atoms with Crippen molar-refractivity contribution < 1.29 is 0 Å². The Kier molecular flexibility index (Phi) is 18.2. The summed E-state index contributed by atoms with van der Waals surface area (Å²) in [6, 6.07) is 153. The Hall–Kier alpha value is -14.2. The summed E-state index contributed by atoms with van der Waals surface area (Å²) in [4.78, 5) is 4.79. The van der Waals surface area contributed by atoms with Gasteiger partial charge in [0.05, 0.1) is 0 Å². The zero-order chi connectivity index (χ0) is 77.9. The Morgan fingerprint density at radius 1 is 0.198 bits per heavy atom. The maximum absolute atomic E-state index is 2.47. The SMILES string of the molecule is CC1(C)c2cc(-c3ccc(-c4ccc(N(c5ccc(-c6ccccc6)cc5)c5ccc(-c6ccccc6)cc5)cc4-c4ccccc4)cc3)ccc2-c2cccc(-c3ccc(-c4ccc(N(c5ccc(-c6ccccc6)cc5)c5ccc(-c6cccc(-c7ccc8c(c7)C(C)(C)C7C=CC=CC87)c6)c(-c6ccccc6)c5)cc4)cc3)c21. The molecule has 0 amide bonds. The van der Waals surface area contributed by atoms with Crippen LogP contribution in [0.1, 0.15) is 55.9 Å². The molecule has 20 rings (SSSR count). The van der Waals surface area contributed by atoms with E-state index in [9.17, 15) is 0 Å². The van der Waals surface area contributed by atoms with Crippen molar-refractivity contribution in [3.63, 3.8) is 0 Å². The van der Waals surface area contributed by atoms with Crippen LogP contribution in [0.15, 0.2) is 437 Å². The van der Waals surface area contributed by atoms with Crippen molar-refractivity contribution in [2.24, 2.45) is 5.92 Å². The molecule has 0 aromatic heterocycles. The Balaban J connectivity index is 0.581. The van der Waals surface area contributed by atoms with Gasteiger partial charge in [-0.15, -0.1) is 0 Å². The maximum atomic E-state index is 2.47. The minimum atomic E-state index is -0.267. The predicted molar refractivity (Wildman–Crippen MR) is 491 cm³/mol. The fourth-order valence-corrected chi connectivity index (χ4v) is 18.8. The molecular weight excluding hydrogens is 1400 g/mol. The third-order valence-electron chi connectivity index (χ3n) is 24.8. The smallest absolute Gasteiger partial charge is 0.0468 e. The van der Waals surface area contributed by atoms with Crippen LogP contribution in [-0.4, -0.2) is 0 Å². The van der Waals surface area contributed by atoms with E-state index in [4.69, 9.17) is 0 Å². The number of anilines is 6. The van der Waals surface area contributed by atoms with Crippen LogP contribution in [0.3, 0.4) is 0 Å². The first-order valence-corrected chi connectivity index (χ1v) is 40.7. The standard InChI is InChI=1S/C114H86N2/c1-113(2)109-39-21-20-36-103(109)104-68-57-92(74-110(104)113)90-34-22-35-93(72-90)101-71-67-99(76-108(101)87-32-18-9-19-33-87)116(96-62-52-83(53-63-96)79-28-14-7-15-29-79)97-64-54-84(55-65-97)80-40-46-89(47-41-80)102-37-23-38-106-105-69-56-91(73-111(105)114(3,4)112(102)106)85-42-44-88(45-43-85)100-70-66-98(75-107(100)86-30-16-8-17-31-86)115(94-58-48-81(49-59-94)77-24-10-5-11-25-77)95-60-50-82(51-61-95)78-26-12-6-13-27-78/h5-76,103,109H,1-4H3. The second-order valence-electron chi connectivity index (χ2n) is 32.3. The number of allylic oxidation sites excluding steroid dienone is 4. The molecule has 0 N–H and O–H groups in total. The van der Waals surface area contributed by atoms with Gasteiger partial charge in [0.2, 0.25) is 0 Å². The van der Waals surface area contributed by atoms with Crippen molar-refractivity contribution in [2.75, 3.05) is 9.80 Å². The highest BCUT2D eigenvalue weighted by atomic mass is 15.1. The summed E-state index contributed by atoms with van der Waals surface area (Å²) in [6.07, 6.45) is 9.25. The minimum absolute atomic E-state index is 0.0336. The average Bonchev–Trinajstić information content (AvgIpc) is 1.56. The van der Waals surface area contributed by atoms with Gasteiger partial charge in [-0.2, -0.15) is 0 Å². The normalized spacial score (nSPS) is 14.4. The molecule has 0 bridgehead atoms. The molecule has 0 aliphatic heterocycles. The Labute approximate surface area is 682 Å². The van der Waals surface area contributed by atoms with Gasteiger partial charge in [-0.05, 0) is 252 Å². The van der Waals surface area contributed by atoms with Gasteiger partial charge in [0.1, 0.15) is 0 Å². The molecule has 0 radical (unpaired) electrons. The number of rotatable bonds is 17. The second-order valence-corrected chi connectivity index (χ2v) is 32.3. The van der Waals surface area contributed by atoms with Gasteiger partial charge in [0, 0.05) is 45.5 Å². The molecule has 116 heavy (non-hydrogen) atoms. The molecule has 17 aromatic rings. The molecule has 2 unspecified atom stereocenters. The first kappa shape index (κ1) is 70.9. The molecule has 17 aromatic carbocycles. The number of nitrogens with zero attached hydrogens (tertiary/aromatic N) is 2. The molecule has 0 fully saturated rings. The predicted octanol–water partition coefficient (Wildman–Crippen LogP) is 31.4. The summed E-state index contributed by atoms with van der Waals surface area (Å²) in [5.41, 5.74) is 40.6. The zero-order valence-corrected chi connectivity index (χ0v) is 65.6. The lowest BCUT2D eigenvalue weighted by Crippen LogP contribution is -2.24. The quantitative estimate of drug-likeness (QED) is 0.0896. The van der Waals surface area contributed by atoms with Crippen LogP contribution >= 0.6 is 0 Å². The summed E-state index contributed by atoms with van der Waals surface area (Å²) in [6.45, 7) is 9.65. The van der Waals surface area contributed by atoms with Gasteiger partial charge in [-0.25, -0.2) is 0 Å².